The fourth-order valence-corrected chi connectivity index (χ4v) is 10.4. The fraction of sp³-hybridized carbons (Fsp3) is 0.538. The maximum Gasteiger partial charge on any atom is 0.303 e. The van der Waals surface area contributed by atoms with Crippen molar-refractivity contribution >= 4 is 18.3 Å². The van der Waals surface area contributed by atoms with Crippen molar-refractivity contribution in [3.8, 4) is 22.6 Å². The first-order valence-electron chi connectivity index (χ1n) is 12.1. The van der Waals surface area contributed by atoms with Crippen LogP contribution in [-0.4, -0.2) is 34.0 Å². The van der Waals surface area contributed by atoms with Crippen LogP contribution in [0.4, 0.5) is 0 Å². The van der Waals surface area contributed by atoms with Gasteiger partial charge < -0.3 is 9.47 Å². The zero-order valence-electron chi connectivity index (χ0n) is 19.7. The molecule has 2 saturated carbocycles. The minimum Gasteiger partial charge on any atom is -0.496 e. The molecule has 0 atom stereocenters. The van der Waals surface area contributed by atoms with Crippen molar-refractivity contribution in [2.24, 2.45) is 0 Å². The predicted molar refractivity (Wildman–Crippen MR) is 134 cm³/mol. The topological polar surface area (TPSA) is 61.8 Å². The molecule has 0 bridgehead atoms. The zero-order chi connectivity index (χ0) is 23.3. The second-order valence-electron chi connectivity index (χ2n) is 9.01. The lowest BCUT2D eigenvalue weighted by atomic mass is 10.00. The minimum absolute atomic E-state index is 0.0868. The average molecular weight is 491 g/mol. The molecule has 0 aliphatic heterocycles. The highest BCUT2D eigenvalue weighted by Crippen LogP contribution is 2.58. The first-order chi connectivity index (χ1) is 16.0. The normalized spacial score (nSPS) is 18.4. The van der Waals surface area contributed by atoms with Crippen LogP contribution >= 0.6 is 8.15 Å². The van der Waals surface area contributed by atoms with Gasteiger partial charge in [0.15, 0.2) is 5.75 Å². The third kappa shape index (κ3) is 5.55. The van der Waals surface area contributed by atoms with Crippen molar-refractivity contribution in [3.63, 3.8) is 0 Å². The van der Waals surface area contributed by atoms with Gasteiger partial charge in [-0.25, -0.2) is 3.97 Å². The van der Waals surface area contributed by atoms with E-state index in [0.717, 1.165) is 31.2 Å². The molecule has 0 radical (unpaired) electrons. The molecule has 0 unspecified atom stereocenters. The molecule has 7 heteroatoms. The molecule has 0 heterocycles. The Morgan fingerprint density at radius 2 is 1.33 bits per heavy atom. The Morgan fingerprint density at radius 1 is 0.758 bits per heavy atom. The van der Waals surface area contributed by atoms with Crippen LogP contribution in [0.5, 0.6) is 11.5 Å². The molecule has 180 valence electrons. The van der Waals surface area contributed by atoms with E-state index >= 15 is 0 Å². The summed E-state index contributed by atoms with van der Waals surface area (Å²) in [6, 6.07) is 12.9. The molecule has 2 aliphatic carbocycles. The highest BCUT2D eigenvalue weighted by atomic mass is 32.2. The van der Waals surface area contributed by atoms with Gasteiger partial charge in [-0.1, -0.05) is 68.9 Å². The van der Waals surface area contributed by atoms with Crippen molar-refractivity contribution in [2.45, 2.75) is 80.4 Å². The quantitative estimate of drug-likeness (QED) is 0.368. The van der Waals surface area contributed by atoms with E-state index in [4.69, 9.17) is 13.4 Å². The van der Waals surface area contributed by atoms with Crippen LogP contribution in [0.1, 0.15) is 64.2 Å². The molecule has 2 fully saturated rings. The Kier molecular flexibility index (Phi) is 8.32. The van der Waals surface area contributed by atoms with Crippen LogP contribution in [0.2, 0.25) is 0 Å². The summed E-state index contributed by atoms with van der Waals surface area (Å²) in [7, 11) is -2.00. The van der Waals surface area contributed by atoms with Crippen LogP contribution in [0, 0.1) is 0 Å². The Morgan fingerprint density at radius 3 is 1.85 bits per heavy atom. The summed E-state index contributed by atoms with van der Waals surface area (Å²) in [6.07, 6.45) is 11.5. The van der Waals surface area contributed by atoms with Gasteiger partial charge in [0.25, 0.3) is 0 Å². The van der Waals surface area contributed by atoms with Crippen molar-refractivity contribution < 1.29 is 21.9 Å². The van der Waals surface area contributed by atoms with Crippen molar-refractivity contribution in [1.82, 2.24) is 0 Å². The molecule has 0 aromatic heterocycles. The van der Waals surface area contributed by atoms with Gasteiger partial charge in [0.2, 0.25) is 0 Å². The summed E-state index contributed by atoms with van der Waals surface area (Å²) in [4.78, 5) is 0.0868. The van der Waals surface area contributed by atoms with E-state index in [-0.39, 0.29) is 10.6 Å². The van der Waals surface area contributed by atoms with Gasteiger partial charge in [0.1, 0.15) is 10.6 Å². The smallest absolute Gasteiger partial charge is 0.303 e. The summed E-state index contributed by atoms with van der Waals surface area (Å²) in [5.74, 6) is 0.849. The van der Waals surface area contributed by atoms with Crippen molar-refractivity contribution in [1.29, 1.82) is 0 Å². The van der Waals surface area contributed by atoms with Crippen LogP contribution in [0.25, 0.3) is 11.1 Å². The third-order valence-corrected chi connectivity index (χ3v) is 11.7. The van der Waals surface area contributed by atoms with E-state index in [9.17, 15) is 8.42 Å². The van der Waals surface area contributed by atoms with Crippen LogP contribution < -0.4 is 9.47 Å². The molecule has 2 aromatic rings. The number of methoxy groups -OCH3 is 2. The Bertz CT molecular complexity index is 994. The zero-order valence-corrected chi connectivity index (χ0v) is 21.4. The first-order valence-corrected chi connectivity index (χ1v) is 14.9. The van der Waals surface area contributed by atoms with E-state index in [1.807, 2.05) is 30.3 Å². The summed E-state index contributed by atoms with van der Waals surface area (Å²) in [6.45, 7) is 0. The van der Waals surface area contributed by atoms with Gasteiger partial charge in [-0.15, -0.1) is 0 Å². The van der Waals surface area contributed by atoms with Gasteiger partial charge in [0.05, 0.1) is 27.9 Å². The monoisotopic (exact) mass is 490 g/mol. The number of ether oxygens (including phenoxy) is 2. The summed E-state index contributed by atoms with van der Waals surface area (Å²) in [5.41, 5.74) is 2.20. The van der Waals surface area contributed by atoms with Crippen molar-refractivity contribution in [3.05, 3.63) is 42.5 Å². The second kappa shape index (κ2) is 11.2. The number of hydrogen-bond acceptors (Lipinski definition) is 5. The minimum atomic E-state index is -4.01. The van der Waals surface area contributed by atoms with Gasteiger partial charge in [-0.3, -0.25) is 0 Å². The van der Waals surface area contributed by atoms with Gasteiger partial charge in [-0.05, 0) is 43.4 Å². The summed E-state index contributed by atoms with van der Waals surface area (Å²) < 4.78 is 45.0. The first kappa shape index (κ1) is 24.5. The standard InChI is InChI=1S/C26H35O5PS/c1-29-23-18-19-24(26(30-2)25(23)20-12-6-3-7-13-20)33(27,28)31-32(21-14-8-4-9-15-21)22-16-10-5-11-17-22/h3,6-7,12-13,18-19,21-22H,4-5,8-11,14-17H2,1-2H3. The van der Waals surface area contributed by atoms with Crippen molar-refractivity contribution in [2.75, 3.05) is 14.2 Å². The Balaban J connectivity index is 1.73. The largest absolute Gasteiger partial charge is 0.496 e. The number of hydrogen-bond donors (Lipinski definition) is 0. The molecule has 2 aromatic carbocycles. The molecular weight excluding hydrogens is 455 g/mol. The molecular formula is C26H35O5PS. The van der Waals surface area contributed by atoms with E-state index in [1.165, 1.54) is 45.6 Å². The summed E-state index contributed by atoms with van der Waals surface area (Å²) >= 11 is 0. The molecule has 2 aliphatic rings. The lowest BCUT2D eigenvalue weighted by Crippen LogP contribution is -2.23. The van der Waals surface area contributed by atoms with Gasteiger partial charge >= 0.3 is 10.1 Å². The predicted octanol–water partition coefficient (Wildman–Crippen LogP) is 7.14. The molecule has 0 amide bonds. The SMILES string of the molecule is COc1ccc(S(=O)(=O)OP(C2CCCCC2)C2CCCCC2)c(OC)c1-c1ccccc1. The molecule has 33 heavy (non-hydrogen) atoms. The molecule has 0 saturated heterocycles. The summed E-state index contributed by atoms with van der Waals surface area (Å²) in [5, 5.41) is 0. The number of rotatable bonds is 8. The van der Waals surface area contributed by atoms with E-state index in [0.29, 0.717) is 22.6 Å². The van der Waals surface area contributed by atoms with Crippen LogP contribution in [0.3, 0.4) is 0 Å². The lowest BCUT2D eigenvalue weighted by Gasteiger charge is -2.36. The second-order valence-corrected chi connectivity index (χ2v) is 13.1. The lowest BCUT2D eigenvalue weighted by molar-refractivity contribution is 0.386. The fourth-order valence-electron chi connectivity index (χ4n) is 5.24. The van der Waals surface area contributed by atoms with Gasteiger partial charge in [-0.2, -0.15) is 8.42 Å². The number of benzene rings is 2. The maximum absolute atomic E-state index is 13.8. The van der Waals surface area contributed by atoms with E-state index < -0.39 is 18.3 Å². The molecule has 0 spiro atoms. The Hall–Kier alpha value is -1.62. The van der Waals surface area contributed by atoms with E-state index in [2.05, 4.69) is 0 Å². The highest BCUT2D eigenvalue weighted by molar-refractivity contribution is 7.91. The maximum atomic E-state index is 13.8. The molecule has 4 rings (SSSR count). The Labute approximate surface area is 199 Å². The third-order valence-electron chi connectivity index (χ3n) is 6.89. The molecule has 5 nitrogen and oxygen atoms in total. The highest BCUT2D eigenvalue weighted by Gasteiger charge is 2.38. The van der Waals surface area contributed by atoms with Crippen LogP contribution in [0.15, 0.2) is 47.4 Å². The van der Waals surface area contributed by atoms with Crippen LogP contribution in [-0.2, 0) is 14.1 Å². The average Bonchev–Trinajstić information content (AvgIpc) is 2.87. The van der Waals surface area contributed by atoms with Gasteiger partial charge in [0, 0.05) is 11.3 Å². The van der Waals surface area contributed by atoms with E-state index in [1.54, 1.807) is 19.2 Å². The molecule has 0 N–H and O–H groups in total.